The predicted molar refractivity (Wildman–Crippen MR) is 130 cm³/mol. The van der Waals surface area contributed by atoms with Gasteiger partial charge in [0.05, 0.1) is 6.04 Å². The first kappa shape index (κ1) is 25.4. The zero-order valence-corrected chi connectivity index (χ0v) is 20.6. The predicted octanol–water partition coefficient (Wildman–Crippen LogP) is 3.63. The summed E-state index contributed by atoms with van der Waals surface area (Å²) in [6, 6.07) is 6.00. The number of carbonyl (C=O) groups is 1. The Morgan fingerprint density at radius 2 is 1.88 bits per heavy atom. The summed E-state index contributed by atoms with van der Waals surface area (Å²) in [5, 5.41) is 0. The summed E-state index contributed by atoms with van der Waals surface area (Å²) in [4.78, 5) is 46.8. The molecule has 3 aromatic rings. The second-order valence-electron chi connectivity index (χ2n) is 9.17. The van der Waals surface area contributed by atoms with Crippen LogP contribution in [0.2, 0.25) is 0 Å². The number of imidazole rings is 1. The Morgan fingerprint density at radius 3 is 2.53 bits per heavy atom. The number of fused-ring (bicyclic) bond motifs is 1. The maximum Gasteiger partial charge on any atom is 0.330 e. The summed E-state index contributed by atoms with van der Waals surface area (Å²) >= 11 is 0. The van der Waals surface area contributed by atoms with E-state index in [1.165, 1.54) is 15.5 Å². The highest BCUT2D eigenvalue weighted by molar-refractivity contribution is 5.77. The van der Waals surface area contributed by atoms with Gasteiger partial charge < -0.3 is 9.47 Å². The second kappa shape index (κ2) is 10.8. The van der Waals surface area contributed by atoms with Crippen LogP contribution in [-0.2, 0) is 24.3 Å². The highest BCUT2D eigenvalue weighted by Crippen LogP contribution is 2.23. The molecule has 0 aliphatic rings. The molecule has 0 radical (unpaired) electrons. The molecule has 34 heavy (non-hydrogen) atoms. The van der Waals surface area contributed by atoms with Crippen LogP contribution in [-0.4, -0.2) is 37.0 Å². The van der Waals surface area contributed by atoms with Crippen LogP contribution >= 0.6 is 0 Å². The van der Waals surface area contributed by atoms with Crippen molar-refractivity contribution in [2.45, 2.75) is 72.5 Å². The Hall–Kier alpha value is -3.23. The van der Waals surface area contributed by atoms with Crippen LogP contribution in [0.1, 0.15) is 64.4 Å². The van der Waals surface area contributed by atoms with E-state index in [0.717, 1.165) is 12.8 Å². The maximum absolute atomic E-state index is 14.2. The summed E-state index contributed by atoms with van der Waals surface area (Å²) in [5.74, 6) is 0.310. The van der Waals surface area contributed by atoms with Gasteiger partial charge in [-0.1, -0.05) is 45.4 Å². The van der Waals surface area contributed by atoms with Gasteiger partial charge in [-0.2, -0.15) is 0 Å². The Kier molecular flexibility index (Phi) is 8.06. The first-order chi connectivity index (χ1) is 16.1. The van der Waals surface area contributed by atoms with Gasteiger partial charge in [0.2, 0.25) is 5.91 Å². The van der Waals surface area contributed by atoms with E-state index in [4.69, 9.17) is 0 Å². The minimum absolute atomic E-state index is 0.147. The molecule has 1 unspecified atom stereocenters. The van der Waals surface area contributed by atoms with E-state index in [2.05, 4.69) is 9.97 Å². The molecule has 0 spiro atoms. The van der Waals surface area contributed by atoms with E-state index in [1.54, 1.807) is 32.2 Å². The van der Waals surface area contributed by atoms with E-state index in [9.17, 15) is 18.8 Å². The topological polar surface area (TPSA) is 93.0 Å². The number of amides is 1. The van der Waals surface area contributed by atoms with E-state index >= 15 is 0 Å². The van der Waals surface area contributed by atoms with Crippen LogP contribution in [0.3, 0.4) is 0 Å². The molecule has 0 bridgehead atoms. The highest BCUT2D eigenvalue weighted by Gasteiger charge is 2.23. The monoisotopic (exact) mass is 471 g/mol. The molecular weight excluding hydrogens is 437 g/mol. The van der Waals surface area contributed by atoms with Gasteiger partial charge in [-0.15, -0.1) is 0 Å². The lowest BCUT2D eigenvalue weighted by Crippen LogP contribution is -2.31. The molecule has 3 rings (SSSR count). The Labute approximate surface area is 198 Å². The van der Waals surface area contributed by atoms with Crippen molar-refractivity contribution in [2.75, 3.05) is 7.05 Å². The summed E-state index contributed by atoms with van der Waals surface area (Å²) in [6.07, 6.45) is 2.13. The average molecular weight is 472 g/mol. The minimum atomic E-state index is -0.471. The molecule has 184 valence electrons. The lowest BCUT2D eigenvalue weighted by atomic mass is 10.1. The van der Waals surface area contributed by atoms with Crippen LogP contribution in [0.25, 0.3) is 11.2 Å². The van der Waals surface area contributed by atoms with Gasteiger partial charge in [-0.3, -0.25) is 19.1 Å². The number of benzene rings is 1. The zero-order valence-electron chi connectivity index (χ0n) is 20.6. The third-order valence-corrected chi connectivity index (χ3v) is 6.14. The molecule has 8 nitrogen and oxygen atoms in total. The second-order valence-corrected chi connectivity index (χ2v) is 9.17. The molecule has 1 aromatic carbocycles. The standard InChI is InChI=1S/C25H34FN5O3/c1-6-7-14-30-23-22(24(33)28-25(30)34)31(15-16(2)3)20(27-23)12-13-21(32)29(5)17(4)18-10-8-9-11-19(18)26/h8-11,16-17H,6-7,12-15H2,1-5H3,(H,28,33,34). The molecule has 9 heteroatoms. The lowest BCUT2D eigenvalue weighted by molar-refractivity contribution is -0.131. The van der Waals surface area contributed by atoms with Crippen LogP contribution < -0.4 is 11.2 Å². The number of hydrogen-bond acceptors (Lipinski definition) is 4. The van der Waals surface area contributed by atoms with Crippen LogP contribution in [0.5, 0.6) is 0 Å². The van der Waals surface area contributed by atoms with Gasteiger partial charge in [-0.05, 0) is 25.3 Å². The molecule has 0 aliphatic heterocycles. The van der Waals surface area contributed by atoms with Gasteiger partial charge in [0.1, 0.15) is 11.6 Å². The van der Waals surface area contributed by atoms with Crippen molar-refractivity contribution in [2.24, 2.45) is 5.92 Å². The van der Waals surface area contributed by atoms with E-state index in [-0.39, 0.29) is 24.1 Å². The van der Waals surface area contributed by atoms with Gasteiger partial charge in [0.25, 0.3) is 5.56 Å². The largest absolute Gasteiger partial charge is 0.339 e. The molecular formula is C25H34FN5O3. The third kappa shape index (κ3) is 5.29. The fourth-order valence-electron chi connectivity index (χ4n) is 4.13. The van der Waals surface area contributed by atoms with Gasteiger partial charge in [0.15, 0.2) is 11.2 Å². The molecule has 0 saturated heterocycles. The number of halogens is 1. The van der Waals surface area contributed by atoms with Gasteiger partial charge >= 0.3 is 5.69 Å². The summed E-state index contributed by atoms with van der Waals surface area (Å²) in [6.45, 7) is 8.88. The van der Waals surface area contributed by atoms with Gasteiger partial charge in [0, 0.05) is 38.5 Å². The third-order valence-electron chi connectivity index (χ3n) is 6.14. The molecule has 1 amide bonds. The molecule has 0 fully saturated rings. The molecule has 0 aliphatic carbocycles. The Bertz CT molecular complexity index is 1270. The van der Waals surface area contributed by atoms with Crippen LogP contribution in [0.15, 0.2) is 33.9 Å². The molecule has 1 N–H and O–H groups in total. The van der Waals surface area contributed by atoms with Gasteiger partial charge in [-0.25, -0.2) is 14.2 Å². The number of unbranched alkanes of at least 4 members (excludes halogenated alkanes) is 1. The number of nitrogens with one attached hydrogen (secondary N) is 1. The normalized spacial score (nSPS) is 12.4. The summed E-state index contributed by atoms with van der Waals surface area (Å²) in [7, 11) is 1.66. The smallest absolute Gasteiger partial charge is 0.330 e. The number of H-pyrrole nitrogens is 1. The average Bonchev–Trinajstić information content (AvgIpc) is 3.14. The molecule has 0 saturated carbocycles. The van der Waals surface area contributed by atoms with E-state index in [0.29, 0.717) is 42.1 Å². The summed E-state index contributed by atoms with van der Waals surface area (Å²) in [5.41, 5.74) is 0.236. The number of aromatic amines is 1. The number of rotatable bonds is 10. The number of nitrogens with zero attached hydrogens (tertiary/aromatic N) is 4. The van der Waals surface area contributed by atoms with Crippen molar-refractivity contribution in [1.82, 2.24) is 24.0 Å². The van der Waals surface area contributed by atoms with Crippen molar-refractivity contribution in [3.05, 3.63) is 62.3 Å². The Morgan fingerprint density at radius 1 is 1.18 bits per heavy atom. The number of aryl methyl sites for hydroxylation is 2. The number of aromatic nitrogens is 4. The fourth-order valence-corrected chi connectivity index (χ4v) is 4.13. The van der Waals surface area contributed by atoms with Crippen LogP contribution in [0, 0.1) is 11.7 Å². The zero-order chi connectivity index (χ0) is 25.0. The molecule has 2 aromatic heterocycles. The Balaban J connectivity index is 1.92. The fraction of sp³-hybridized carbons (Fsp3) is 0.520. The van der Waals surface area contributed by atoms with Crippen molar-refractivity contribution in [3.63, 3.8) is 0 Å². The van der Waals surface area contributed by atoms with E-state index < -0.39 is 17.3 Å². The van der Waals surface area contributed by atoms with Crippen LogP contribution in [0.4, 0.5) is 4.39 Å². The van der Waals surface area contributed by atoms with E-state index in [1.807, 2.05) is 25.3 Å². The quantitative estimate of drug-likeness (QED) is 0.489. The number of carbonyl (C=O) groups excluding carboxylic acids is 1. The van der Waals surface area contributed by atoms with Crippen molar-refractivity contribution in [1.29, 1.82) is 0 Å². The molecule has 1 atom stereocenters. The van der Waals surface area contributed by atoms with Crippen molar-refractivity contribution >= 4 is 17.1 Å². The SMILES string of the molecule is CCCCn1c(=O)[nH]c(=O)c2c1nc(CCC(=O)N(C)C(C)c1ccccc1F)n2CC(C)C. The van der Waals surface area contributed by atoms with Crippen molar-refractivity contribution in [3.8, 4) is 0 Å². The number of hydrogen-bond donors (Lipinski definition) is 1. The van der Waals surface area contributed by atoms with Crippen molar-refractivity contribution < 1.29 is 9.18 Å². The first-order valence-electron chi connectivity index (χ1n) is 11.9. The maximum atomic E-state index is 14.2. The first-order valence-corrected chi connectivity index (χ1v) is 11.9. The summed E-state index contributed by atoms with van der Waals surface area (Å²) < 4.78 is 17.5. The minimum Gasteiger partial charge on any atom is -0.339 e. The molecule has 2 heterocycles. The highest BCUT2D eigenvalue weighted by atomic mass is 19.1. The lowest BCUT2D eigenvalue weighted by Gasteiger charge is -2.25.